The molecule has 2 aliphatic rings. The molecular formula is C16H22FNO2S. The fourth-order valence-corrected chi connectivity index (χ4v) is 5.21. The van der Waals surface area contributed by atoms with E-state index in [1.165, 1.54) is 31.4 Å². The van der Waals surface area contributed by atoms with E-state index in [-0.39, 0.29) is 22.4 Å². The van der Waals surface area contributed by atoms with Gasteiger partial charge in [0.2, 0.25) is 0 Å². The molecule has 1 aromatic rings. The van der Waals surface area contributed by atoms with Crippen molar-refractivity contribution in [2.24, 2.45) is 0 Å². The molecular weight excluding hydrogens is 289 g/mol. The summed E-state index contributed by atoms with van der Waals surface area (Å²) in [7, 11) is -1.19. The van der Waals surface area contributed by atoms with E-state index in [4.69, 9.17) is 10.5 Å². The number of benzene rings is 1. The molecule has 2 N–H and O–H groups in total. The summed E-state index contributed by atoms with van der Waals surface area (Å²) < 4.78 is 32.0. The number of anilines is 1. The van der Waals surface area contributed by atoms with Crippen molar-refractivity contribution in [2.45, 2.75) is 60.7 Å². The third kappa shape index (κ3) is 3.14. The Hall–Kier alpha value is -0.940. The lowest BCUT2D eigenvalue weighted by atomic mass is 9.80. The van der Waals surface area contributed by atoms with E-state index < -0.39 is 10.8 Å². The van der Waals surface area contributed by atoms with Crippen molar-refractivity contribution in [3.63, 3.8) is 0 Å². The van der Waals surface area contributed by atoms with Gasteiger partial charge in [-0.3, -0.25) is 4.21 Å². The van der Waals surface area contributed by atoms with Crippen molar-refractivity contribution in [1.82, 2.24) is 0 Å². The Morgan fingerprint density at radius 3 is 2.76 bits per heavy atom. The average Bonchev–Trinajstić information content (AvgIpc) is 2.47. The fraction of sp³-hybridized carbons (Fsp3) is 0.625. The van der Waals surface area contributed by atoms with Crippen LogP contribution < -0.4 is 5.73 Å². The highest BCUT2D eigenvalue weighted by atomic mass is 32.2. The van der Waals surface area contributed by atoms with Crippen LogP contribution in [0.4, 0.5) is 10.1 Å². The standard InChI is InChI=1S/C16H22FNO2S/c17-12-4-5-15(14(18)10-12)21(19)13-6-9-20-16(11-13)7-2-1-3-8-16/h4-5,10,13H,1-3,6-9,11,18H2. The van der Waals surface area contributed by atoms with Gasteiger partial charge in [-0.1, -0.05) is 19.3 Å². The highest BCUT2D eigenvalue weighted by Gasteiger charge is 2.40. The molecule has 1 saturated heterocycles. The molecule has 0 bridgehead atoms. The number of halogens is 1. The lowest BCUT2D eigenvalue weighted by molar-refractivity contribution is -0.0975. The molecule has 0 aromatic heterocycles. The maximum atomic E-state index is 13.1. The second-order valence-electron chi connectivity index (χ2n) is 6.19. The van der Waals surface area contributed by atoms with Crippen LogP contribution in [0, 0.1) is 5.82 Å². The zero-order valence-electron chi connectivity index (χ0n) is 12.1. The van der Waals surface area contributed by atoms with Gasteiger partial charge in [-0.05, 0) is 43.9 Å². The first-order valence-electron chi connectivity index (χ1n) is 7.69. The molecule has 21 heavy (non-hydrogen) atoms. The van der Waals surface area contributed by atoms with Gasteiger partial charge in [0.05, 0.1) is 27.0 Å². The van der Waals surface area contributed by atoms with Crippen LogP contribution in [0.25, 0.3) is 0 Å². The number of nitrogens with two attached hydrogens (primary N) is 1. The molecule has 5 heteroatoms. The van der Waals surface area contributed by atoms with Crippen molar-refractivity contribution in [1.29, 1.82) is 0 Å². The van der Waals surface area contributed by atoms with Gasteiger partial charge in [-0.25, -0.2) is 4.39 Å². The van der Waals surface area contributed by atoms with Gasteiger partial charge in [0, 0.05) is 11.9 Å². The van der Waals surface area contributed by atoms with Crippen molar-refractivity contribution >= 4 is 16.5 Å². The average molecular weight is 311 g/mol. The molecule has 1 saturated carbocycles. The van der Waals surface area contributed by atoms with Crippen molar-refractivity contribution in [3.8, 4) is 0 Å². The third-order valence-corrected chi connectivity index (χ3v) is 6.52. The summed E-state index contributed by atoms with van der Waals surface area (Å²) >= 11 is 0. The quantitative estimate of drug-likeness (QED) is 0.852. The normalized spacial score (nSPS) is 26.6. The molecule has 1 heterocycles. The number of hydrogen-bond acceptors (Lipinski definition) is 3. The van der Waals surface area contributed by atoms with Crippen molar-refractivity contribution in [2.75, 3.05) is 12.3 Å². The summed E-state index contributed by atoms with van der Waals surface area (Å²) in [6.45, 7) is 0.664. The van der Waals surface area contributed by atoms with E-state index in [0.717, 1.165) is 25.7 Å². The van der Waals surface area contributed by atoms with Crippen molar-refractivity contribution < 1.29 is 13.3 Å². The van der Waals surface area contributed by atoms with Gasteiger partial charge < -0.3 is 10.5 Å². The van der Waals surface area contributed by atoms with E-state index in [0.29, 0.717) is 11.5 Å². The van der Waals surface area contributed by atoms with Crippen molar-refractivity contribution in [3.05, 3.63) is 24.0 Å². The first kappa shape index (κ1) is 15.0. The topological polar surface area (TPSA) is 52.3 Å². The minimum atomic E-state index is -1.19. The second-order valence-corrected chi connectivity index (χ2v) is 7.89. The van der Waals surface area contributed by atoms with E-state index in [1.54, 1.807) is 6.07 Å². The summed E-state index contributed by atoms with van der Waals surface area (Å²) in [5, 5.41) is 0.0598. The van der Waals surface area contributed by atoms with Gasteiger partial charge in [-0.2, -0.15) is 0 Å². The highest BCUT2D eigenvalue weighted by molar-refractivity contribution is 7.85. The molecule has 2 unspecified atom stereocenters. The second kappa shape index (κ2) is 6.05. The molecule has 2 fully saturated rings. The molecule has 116 valence electrons. The first-order chi connectivity index (χ1) is 10.1. The Bertz CT molecular complexity index is 538. The first-order valence-corrected chi connectivity index (χ1v) is 8.91. The Labute approximate surface area is 127 Å². The Balaban J connectivity index is 1.77. The molecule has 1 aliphatic heterocycles. The minimum absolute atomic E-state index is 0.0598. The Morgan fingerprint density at radius 2 is 2.05 bits per heavy atom. The van der Waals surface area contributed by atoms with Gasteiger partial charge in [0.25, 0.3) is 0 Å². The van der Waals surface area contributed by atoms with Gasteiger partial charge in [0.15, 0.2) is 0 Å². The number of nitrogen functional groups attached to an aromatic ring is 1. The lowest BCUT2D eigenvalue weighted by Gasteiger charge is -2.43. The van der Waals surface area contributed by atoms with Crippen LogP contribution in [0.15, 0.2) is 23.1 Å². The lowest BCUT2D eigenvalue weighted by Crippen LogP contribution is -2.44. The molecule has 0 amide bonds. The molecule has 0 radical (unpaired) electrons. The number of rotatable bonds is 2. The van der Waals surface area contributed by atoms with Crippen LogP contribution in [0.3, 0.4) is 0 Å². The molecule has 2 atom stereocenters. The van der Waals surface area contributed by atoms with E-state index in [2.05, 4.69) is 0 Å². The summed E-state index contributed by atoms with van der Waals surface area (Å²) in [6.07, 6.45) is 7.40. The fourth-order valence-electron chi connectivity index (χ4n) is 3.59. The van der Waals surface area contributed by atoms with Crippen LogP contribution in [0.1, 0.15) is 44.9 Å². The van der Waals surface area contributed by atoms with Gasteiger partial charge >= 0.3 is 0 Å². The third-order valence-electron chi connectivity index (χ3n) is 4.70. The van der Waals surface area contributed by atoms with E-state index in [9.17, 15) is 8.60 Å². The zero-order valence-corrected chi connectivity index (χ0v) is 13.0. The molecule has 1 spiro atoms. The maximum Gasteiger partial charge on any atom is 0.125 e. The smallest absolute Gasteiger partial charge is 0.125 e. The summed E-state index contributed by atoms with van der Waals surface area (Å²) in [6, 6.07) is 4.14. The largest absolute Gasteiger partial charge is 0.398 e. The predicted molar refractivity (Wildman–Crippen MR) is 82.0 cm³/mol. The Kier molecular flexibility index (Phi) is 4.31. The molecule has 3 nitrogen and oxygen atoms in total. The number of hydrogen-bond donors (Lipinski definition) is 1. The van der Waals surface area contributed by atoms with E-state index >= 15 is 0 Å². The summed E-state index contributed by atoms with van der Waals surface area (Å²) in [5.74, 6) is -0.385. The van der Waals surface area contributed by atoms with Crippen LogP contribution >= 0.6 is 0 Å². The van der Waals surface area contributed by atoms with Crippen LogP contribution in [0.5, 0.6) is 0 Å². The van der Waals surface area contributed by atoms with E-state index in [1.807, 2.05) is 0 Å². The van der Waals surface area contributed by atoms with Gasteiger partial charge in [-0.15, -0.1) is 0 Å². The molecule has 3 rings (SSSR count). The number of ether oxygens (including phenoxy) is 1. The van der Waals surface area contributed by atoms with Crippen LogP contribution in [-0.4, -0.2) is 21.7 Å². The van der Waals surface area contributed by atoms with Crippen LogP contribution in [0.2, 0.25) is 0 Å². The summed E-state index contributed by atoms with van der Waals surface area (Å²) in [5.41, 5.74) is 6.05. The monoisotopic (exact) mass is 311 g/mol. The molecule has 1 aromatic carbocycles. The van der Waals surface area contributed by atoms with Gasteiger partial charge in [0.1, 0.15) is 5.82 Å². The maximum absolute atomic E-state index is 13.1. The SMILES string of the molecule is Nc1cc(F)ccc1S(=O)C1CCOC2(CCCCC2)C1. The predicted octanol–water partition coefficient (Wildman–Crippen LogP) is 3.40. The zero-order chi connectivity index (χ0) is 14.9. The molecule has 1 aliphatic carbocycles. The Morgan fingerprint density at radius 1 is 1.29 bits per heavy atom. The van der Waals surface area contributed by atoms with Crippen LogP contribution in [-0.2, 0) is 15.5 Å². The minimum Gasteiger partial charge on any atom is -0.398 e. The highest BCUT2D eigenvalue weighted by Crippen LogP contribution is 2.41. The summed E-state index contributed by atoms with van der Waals surface area (Å²) in [4.78, 5) is 0.564.